The number of carbonyl (C=O) groups is 1. The van der Waals surface area contributed by atoms with Crippen molar-refractivity contribution in [3.8, 4) is 0 Å². The molecule has 8 N–H and O–H groups in total. The van der Waals surface area contributed by atoms with E-state index in [0.717, 1.165) is 36.6 Å². The lowest BCUT2D eigenvalue weighted by atomic mass is 9.91. The minimum atomic E-state index is -0.908. The summed E-state index contributed by atoms with van der Waals surface area (Å²) in [5.74, 6) is -0.987. The molecule has 1 aromatic carbocycles. The Morgan fingerprint density at radius 2 is 2.00 bits per heavy atom. The molecule has 0 bridgehead atoms. The van der Waals surface area contributed by atoms with E-state index in [1.807, 2.05) is 42.1 Å². The molecule has 1 saturated carbocycles. The normalized spacial score (nSPS) is 20.9. The van der Waals surface area contributed by atoms with Gasteiger partial charge >= 0.3 is 0 Å². The van der Waals surface area contributed by atoms with Crippen molar-refractivity contribution >= 4 is 40.0 Å². The fourth-order valence-electron chi connectivity index (χ4n) is 3.37. The summed E-state index contributed by atoms with van der Waals surface area (Å²) in [4.78, 5) is 20.1. The van der Waals surface area contributed by atoms with Gasteiger partial charge in [0.2, 0.25) is 5.96 Å². The zero-order valence-electron chi connectivity index (χ0n) is 15.9. The Morgan fingerprint density at radius 1 is 1.25 bits per heavy atom. The SMILES string of the molecule is Cn1ccc2cc(N/C(=N/C(N)=N[C@@H]3CCCC[C@@H]3N)C(=N)C(N)=O)ccc21. The van der Waals surface area contributed by atoms with Crippen LogP contribution in [0.3, 0.4) is 0 Å². The maximum Gasteiger partial charge on any atom is 0.270 e. The van der Waals surface area contributed by atoms with Crippen molar-refractivity contribution in [3.63, 3.8) is 0 Å². The zero-order chi connectivity index (χ0) is 20.3. The van der Waals surface area contributed by atoms with E-state index in [1.165, 1.54) is 0 Å². The van der Waals surface area contributed by atoms with Crippen LogP contribution in [-0.4, -0.2) is 40.1 Å². The fourth-order valence-corrected chi connectivity index (χ4v) is 3.37. The van der Waals surface area contributed by atoms with E-state index < -0.39 is 11.6 Å². The van der Waals surface area contributed by atoms with E-state index in [1.54, 1.807) is 0 Å². The van der Waals surface area contributed by atoms with Crippen LogP contribution < -0.4 is 22.5 Å². The van der Waals surface area contributed by atoms with E-state index in [0.29, 0.717) is 5.69 Å². The molecule has 1 aliphatic carbocycles. The van der Waals surface area contributed by atoms with Gasteiger partial charge in [-0.2, -0.15) is 4.99 Å². The highest BCUT2D eigenvalue weighted by atomic mass is 16.1. The van der Waals surface area contributed by atoms with Gasteiger partial charge in [-0.1, -0.05) is 12.8 Å². The van der Waals surface area contributed by atoms with Gasteiger partial charge in [0.15, 0.2) is 11.5 Å². The van der Waals surface area contributed by atoms with Gasteiger partial charge in [-0.25, -0.2) is 4.99 Å². The molecule has 1 amide bonds. The average Bonchev–Trinajstić information content (AvgIpc) is 3.02. The maximum absolute atomic E-state index is 11.5. The van der Waals surface area contributed by atoms with Gasteiger partial charge in [0.1, 0.15) is 0 Å². The number of rotatable bonds is 4. The second kappa shape index (κ2) is 8.22. The predicted molar refractivity (Wildman–Crippen MR) is 113 cm³/mol. The molecule has 0 radical (unpaired) electrons. The lowest BCUT2D eigenvalue weighted by Gasteiger charge is -2.25. The molecule has 0 unspecified atom stereocenters. The first-order chi connectivity index (χ1) is 13.3. The molecule has 1 fully saturated rings. The van der Waals surface area contributed by atoms with Crippen LogP contribution in [0.25, 0.3) is 10.9 Å². The van der Waals surface area contributed by atoms with Crippen LogP contribution >= 0.6 is 0 Å². The molecular formula is C19H26N8O. The van der Waals surface area contributed by atoms with Gasteiger partial charge in [-0.15, -0.1) is 0 Å². The van der Waals surface area contributed by atoms with E-state index in [9.17, 15) is 4.79 Å². The first kappa shape index (κ1) is 19.6. The summed E-state index contributed by atoms with van der Waals surface area (Å²) in [5.41, 5.74) is 18.6. The quantitative estimate of drug-likeness (QED) is 0.395. The van der Waals surface area contributed by atoms with E-state index in [2.05, 4.69) is 15.3 Å². The van der Waals surface area contributed by atoms with Crippen LogP contribution in [0.2, 0.25) is 0 Å². The smallest absolute Gasteiger partial charge is 0.270 e. The summed E-state index contributed by atoms with van der Waals surface area (Å²) in [6.07, 6.45) is 5.81. The van der Waals surface area contributed by atoms with Crippen LogP contribution in [0.5, 0.6) is 0 Å². The Kier molecular flexibility index (Phi) is 5.74. The third-order valence-electron chi connectivity index (χ3n) is 4.94. The third kappa shape index (κ3) is 4.37. The van der Waals surface area contributed by atoms with E-state index >= 15 is 0 Å². The number of aryl methyl sites for hydroxylation is 1. The average molecular weight is 382 g/mol. The molecule has 2 atom stereocenters. The van der Waals surface area contributed by atoms with E-state index in [-0.39, 0.29) is 23.9 Å². The Bertz CT molecular complexity index is 958. The highest BCUT2D eigenvalue weighted by Crippen LogP contribution is 2.21. The second-order valence-corrected chi connectivity index (χ2v) is 7.03. The van der Waals surface area contributed by atoms with Crippen LogP contribution in [0.15, 0.2) is 40.4 Å². The van der Waals surface area contributed by atoms with Crippen molar-refractivity contribution in [1.82, 2.24) is 4.57 Å². The first-order valence-electron chi connectivity index (χ1n) is 9.23. The second-order valence-electron chi connectivity index (χ2n) is 7.03. The van der Waals surface area contributed by atoms with E-state index in [4.69, 9.17) is 22.6 Å². The molecule has 2 aromatic rings. The molecular weight excluding hydrogens is 356 g/mol. The van der Waals surface area contributed by atoms with Crippen molar-refractivity contribution < 1.29 is 4.79 Å². The number of amides is 1. The van der Waals surface area contributed by atoms with Crippen molar-refractivity contribution in [3.05, 3.63) is 30.5 Å². The number of nitrogens with zero attached hydrogens (tertiary/aromatic N) is 3. The first-order valence-corrected chi connectivity index (χ1v) is 9.23. The largest absolute Gasteiger partial charge is 0.368 e. The minimum Gasteiger partial charge on any atom is -0.368 e. The molecule has 9 heteroatoms. The Balaban J connectivity index is 1.88. The Morgan fingerprint density at radius 3 is 2.71 bits per heavy atom. The highest BCUT2D eigenvalue weighted by Gasteiger charge is 2.22. The van der Waals surface area contributed by atoms with Gasteiger partial charge < -0.3 is 27.1 Å². The maximum atomic E-state index is 11.5. The van der Waals surface area contributed by atoms with Crippen LogP contribution in [0.4, 0.5) is 5.69 Å². The molecule has 0 saturated heterocycles. The summed E-state index contributed by atoms with van der Waals surface area (Å²) in [7, 11) is 1.96. The third-order valence-corrected chi connectivity index (χ3v) is 4.94. The van der Waals surface area contributed by atoms with Gasteiger partial charge in [0.25, 0.3) is 5.91 Å². The number of aromatic nitrogens is 1. The molecule has 0 spiro atoms. The molecule has 1 aromatic heterocycles. The number of guanidine groups is 1. The number of hydrogen-bond donors (Lipinski definition) is 5. The van der Waals surface area contributed by atoms with Gasteiger partial charge in [0.05, 0.1) is 6.04 Å². The number of carbonyl (C=O) groups excluding carboxylic acids is 1. The molecule has 28 heavy (non-hydrogen) atoms. The number of benzene rings is 1. The van der Waals surface area contributed by atoms with Crippen molar-refractivity contribution in [2.75, 3.05) is 5.32 Å². The van der Waals surface area contributed by atoms with Crippen LogP contribution in [-0.2, 0) is 11.8 Å². The summed E-state index contributed by atoms with van der Waals surface area (Å²) >= 11 is 0. The minimum absolute atomic E-state index is 0.0309. The summed E-state index contributed by atoms with van der Waals surface area (Å²) < 4.78 is 2.00. The number of amidine groups is 1. The van der Waals surface area contributed by atoms with Crippen molar-refractivity contribution in [2.45, 2.75) is 37.8 Å². The van der Waals surface area contributed by atoms with Crippen LogP contribution in [0, 0.1) is 5.41 Å². The summed E-state index contributed by atoms with van der Waals surface area (Å²) in [6.45, 7) is 0. The number of nitrogens with two attached hydrogens (primary N) is 3. The van der Waals surface area contributed by atoms with Crippen molar-refractivity contribution in [1.29, 1.82) is 5.41 Å². The molecule has 0 aliphatic heterocycles. The fraction of sp³-hybridized carbons (Fsp3) is 0.368. The summed E-state index contributed by atoms with van der Waals surface area (Å²) in [6, 6.07) is 7.45. The van der Waals surface area contributed by atoms with Crippen molar-refractivity contribution in [2.24, 2.45) is 34.2 Å². The molecule has 148 valence electrons. The zero-order valence-corrected chi connectivity index (χ0v) is 15.9. The lowest BCUT2D eigenvalue weighted by molar-refractivity contribution is -0.111. The number of aliphatic imine (C=N–C) groups is 2. The number of hydrogen-bond acceptors (Lipinski definition) is 4. The number of anilines is 1. The molecule has 9 nitrogen and oxygen atoms in total. The standard InChI is InChI=1S/C19H26N8O/c1-27-9-8-11-10-12(6-7-15(11)27)24-18(16(21)17(22)28)26-19(23)25-14-5-3-2-4-13(14)20/h6-10,13-14,21H,2-5,20H2,1H3,(H2,22,28)(H3,23,24,25,26)/t13-,14+/m0/s1. The van der Waals surface area contributed by atoms with Gasteiger partial charge in [-0.3, -0.25) is 10.2 Å². The molecule has 1 aliphatic rings. The lowest BCUT2D eigenvalue weighted by Crippen LogP contribution is -2.38. The summed E-state index contributed by atoms with van der Waals surface area (Å²) in [5, 5.41) is 11.9. The van der Waals surface area contributed by atoms with Gasteiger partial charge in [-0.05, 0) is 37.1 Å². The van der Waals surface area contributed by atoms with Gasteiger partial charge in [0, 0.05) is 35.9 Å². The highest BCUT2D eigenvalue weighted by molar-refractivity contribution is 6.67. The monoisotopic (exact) mass is 382 g/mol. The Hall–Kier alpha value is -3.20. The predicted octanol–water partition coefficient (Wildman–Crippen LogP) is 1.08. The number of fused-ring (bicyclic) bond motifs is 1. The Labute approximate surface area is 163 Å². The number of primary amides is 1. The number of nitrogens with one attached hydrogen (secondary N) is 2. The molecule has 3 rings (SSSR count). The van der Waals surface area contributed by atoms with Crippen LogP contribution in [0.1, 0.15) is 25.7 Å². The topological polar surface area (TPSA) is 161 Å². The molecule has 1 heterocycles.